The molecule has 0 N–H and O–H groups in total. The van der Waals surface area contributed by atoms with Gasteiger partial charge in [0.25, 0.3) is 0 Å². The lowest BCUT2D eigenvalue weighted by molar-refractivity contribution is -0.130. The van der Waals surface area contributed by atoms with Crippen LogP contribution in [0.15, 0.2) is 47.1 Å². The number of amides is 1. The Labute approximate surface area is 129 Å². The zero-order chi connectivity index (χ0) is 15.5. The molecule has 1 aromatic carbocycles. The normalized spacial score (nSPS) is 11.0. The molecular formula is C17H19N3O2. The monoisotopic (exact) mass is 297 g/mol. The van der Waals surface area contributed by atoms with E-state index in [9.17, 15) is 4.79 Å². The lowest BCUT2D eigenvalue weighted by Gasteiger charge is -2.16. The zero-order valence-electron chi connectivity index (χ0n) is 12.8. The van der Waals surface area contributed by atoms with E-state index in [4.69, 9.17) is 4.52 Å². The Bertz CT molecular complexity index is 788. The first-order valence-electron chi connectivity index (χ1n) is 7.33. The van der Waals surface area contributed by atoms with Crippen LogP contribution in [-0.2, 0) is 17.9 Å². The van der Waals surface area contributed by atoms with E-state index in [1.165, 1.54) is 5.39 Å². The van der Waals surface area contributed by atoms with Crippen molar-refractivity contribution >= 4 is 16.8 Å². The van der Waals surface area contributed by atoms with Crippen molar-refractivity contribution in [1.29, 1.82) is 0 Å². The summed E-state index contributed by atoms with van der Waals surface area (Å²) in [6.45, 7) is 2.99. The first kappa shape index (κ1) is 14.4. The highest BCUT2D eigenvalue weighted by atomic mass is 16.5. The minimum atomic E-state index is 0.0958. The Morgan fingerprint density at radius 3 is 2.91 bits per heavy atom. The minimum absolute atomic E-state index is 0.0958. The predicted octanol–water partition coefficient (Wildman–Crippen LogP) is 2.99. The van der Waals surface area contributed by atoms with Gasteiger partial charge in [-0.25, -0.2) is 0 Å². The van der Waals surface area contributed by atoms with Crippen LogP contribution in [0.2, 0.25) is 0 Å². The smallest absolute Gasteiger partial charge is 0.224 e. The summed E-state index contributed by atoms with van der Waals surface area (Å²) < 4.78 is 7.13. The summed E-state index contributed by atoms with van der Waals surface area (Å²) in [5, 5.41) is 5.11. The number of aryl methyl sites for hydroxylation is 2. The number of nitrogens with zero attached hydrogens (tertiary/aromatic N) is 3. The van der Waals surface area contributed by atoms with Gasteiger partial charge in [0.05, 0.1) is 6.54 Å². The highest BCUT2D eigenvalue weighted by Gasteiger charge is 2.12. The highest BCUT2D eigenvalue weighted by Crippen LogP contribution is 2.15. The summed E-state index contributed by atoms with van der Waals surface area (Å²) in [5.74, 6) is 0.855. The number of rotatable bonds is 5. The maximum absolute atomic E-state index is 12.2. The predicted molar refractivity (Wildman–Crippen MR) is 84.3 cm³/mol. The number of carbonyl (C=O) groups is 1. The van der Waals surface area contributed by atoms with Crippen LogP contribution in [0, 0.1) is 6.92 Å². The van der Waals surface area contributed by atoms with E-state index in [2.05, 4.69) is 27.9 Å². The summed E-state index contributed by atoms with van der Waals surface area (Å²) in [4.78, 5) is 13.9. The minimum Gasteiger partial charge on any atom is -0.361 e. The van der Waals surface area contributed by atoms with E-state index in [0.29, 0.717) is 19.5 Å². The van der Waals surface area contributed by atoms with Crippen molar-refractivity contribution < 1.29 is 9.32 Å². The van der Waals surface area contributed by atoms with Crippen LogP contribution in [0.25, 0.3) is 10.9 Å². The maximum atomic E-state index is 12.2. The number of hydrogen-bond donors (Lipinski definition) is 0. The van der Waals surface area contributed by atoms with Crippen molar-refractivity contribution in [3.05, 3.63) is 54.0 Å². The number of fused-ring (bicyclic) bond motifs is 1. The molecule has 0 aliphatic heterocycles. The van der Waals surface area contributed by atoms with Gasteiger partial charge in [-0.3, -0.25) is 4.79 Å². The highest BCUT2D eigenvalue weighted by molar-refractivity contribution is 5.80. The molecule has 5 heteroatoms. The van der Waals surface area contributed by atoms with E-state index in [-0.39, 0.29) is 5.91 Å². The van der Waals surface area contributed by atoms with Crippen molar-refractivity contribution in [2.45, 2.75) is 26.4 Å². The second-order valence-corrected chi connectivity index (χ2v) is 5.50. The van der Waals surface area contributed by atoms with E-state index < -0.39 is 0 Å². The molecule has 0 atom stereocenters. The van der Waals surface area contributed by atoms with Crippen molar-refractivity contribution in [3.63, 3.8) is 0 Å². The van der Waals surface area contributed by atoms with Crippen molar-refractivity contribution in [1.82, 2.24) is 14.6 Å². The molecule has 22 heavy (non-hydrogen) atoms. The van der Waals surface area contributed by atoms with Crippen LogP contribution >= 0.6 is 0 Å². The van der Waals surface area contributed by atoms with Gasteiger partial charge in [-0.15, -0.1) is 0 Å². The zero-order valence-corrected chi connectivity index (χ0v) is 12.8. The van der Waals surface area contributed by atoms with E-state index in [1.807, 2.05) is 31.3 Å². The Kier molecular flexibility index (Phi) is 3.96. The summed E-state index contributed by atoms with van der Waals surface area (Å²) >= 11 is 0. The molecule has 0 saturated heterocycles. The second-order valence-electron chi connectivity index (χ2n) is 5.50. The Morgan fingerprint density at radius 2 is 2.14 bits per heavy atom. The Morgan fingerprint density at radius 1 is 1.32 bits per heavy atom. The van der Waals surface area contributed by atoms with Gasteiger partial charge in [0.15, 0.2) is 0 Å². The summed E-state index contributed by atoms with van der Waals surface area (Å²) in [6, 6.07) is 12.1. The number of aromatic nitrogens is 2. The fourth-order valence-electron chi connectivity index (χ4n) is 2.57. The van der Waals surface area contributed by atoms with E-state index in [1.54, 1.807) is 11.9 Å². The average molecular weight is 297 g/mol. The van der Waals surface area contributed by atoms with Gasteiger partial charge in [0.2, 0.25) is 5.91 Å². The molecule has 0 spiro atoms. The Hall–Kier alpha value is -2.56. The van der Waals surface area contributed by atoms with Crippen LogP contribution < -0.4 is 0 Å². The third kappa shape index (κ3) is 3.03. The first-order valence-corrected chi connectivity index (χ1v) is 7.33. The van der Waals surface area contributed by atoms with Crippen LogP contribution in [0.4, 0.5) is 0 Å². The van der Waals surface area contributed by atoms with Gasteiger partial charge in [-0.1, -0.05) is 23.4 Å². The molecule has 1 amide bonds. The standard InChI is InChI=1S/C17H19N3O2/c1-13-11-15(18-22-13)12-19(2)17(21)8-10-20-9-7-14-5-3-4-6-16(14)20/h3-7,9,11H,8,10,12H2,1-2H3. The van der Waals surface area contributed by atoms with E-state index in [0.717, 1.165) is 17.0 Å². The quantitative estimate of drug-likeness (QED) is 0.727. The molecule has 0 fully saturated rings. The largest absolute Gasteiger partial charge is 0.361 e. The average Bonchev–Trinajstić information content (AvgIpc) is 3.11. The second kappa shape index (κ2) is 6.05. The SMILES string of the molecule is Cc1cc(CN(C)C(=O)CCn2ccc3ccccc32)no1. The topological polar surface area (TPSA) is 51.3 Å². The van der Waals surface area contributed by atoms with E-state index >= 15 is 0 Å². The van der Waals surface area contributed by atoms with Gasteiger partial charge in [-0.05, 0) is 24.4 Å². The van der Waals surface area contributed by atoms with Gasteiger partial charge in [0, 0.05) is 37.8 Å². The molecular weight excluding hydrogens is 278 g/mol. The van der Waals surface area contributed by atoms with Crippen LogP contribution in [0.3, 0.4) is 0 Å². The third-order valence-corrected chi connectivity index (χ3v) is 3.75. The molecule has 0 radical (unpaired) electrons. The first-order chi connectivity index (χ1) is 10.6. The summed E-state index contributed by atoms with van der Waals surface area (Å²) in [7, 11) is 1.79. The van der Waals surface area contributed by atoms with Crippen molar-refractivity contribution in [2.75, 3.05) is 7.05 Å². The lowest BCUT2D eigenvalue weighted by atomic mass is 10.2. The van der Waals surface area contributed by atoms with Crippen LogP contribution in [0.5, 0.6) is 0 Å². The van der Waals surface area contributed by atoms with Crippen molar-refractivity contribution in [2.24, 2.45) is 0 Å². The summed E-state index contributed by atoms with van der Waals surface area (Å²) in [6.07, 6.45) is 2.49. The van der Waals surface area contributed by atoms with Crippen molar-refractivity contribution in [3.8, 4) is 0 Å². The van der Waals surface area contributed by atoms with Gasteiger partial charge in [0.1, 0.15) is 11.5 Å². The molecule has 2 aromatic heterocycles. The molecule has 0 unspecified atom stereocenters. The molecule has 0 aliphatic carbocycles. The fourth-order valence-corrected chi connectivity index (χ4v) is 2.57. The molecule has 114 valence electrons. The maximum Gasteiger partial charge on any atom is 0.224 e. The molecule has 0 aliphatic rings. The van der Waals surface area contributed by atoms with Crippen LogP contribution in [-0.4, -0.2) is 27.6 Å². The molecule has 0 bridgehead atoms. The van der Waals surface area contributed by atoms with Gasteiger partial charge < -0.3 is 14.0 Å². The fraction of sp³-hybridized carbons (Fsp3) is 0.294. The molecule has 0 saturated carbocycles. The third-order valence-electron chi connectivity index (χ3n) is 3.75. The van der Waals surface area contributed by atoms with Crippen LogP contribution in [0.1, 0.15) is 17.9 Å². The summed E-state index contributed by atoms with van der Waals surface area (Å²) in [5.41, 5.74) is 1.94. The number of hydrogen-bond acceptors (Lipinski definition) is 3. The number of benzene rings is 1. The molecule has 2 heterocycles. The number of para-hydroxylation sites is 1. The lowest BCUT2D eigenvalue weighted by Crippen LogP contribution is -2.27. The molecule has 3 rings (SSSR count). The molecule has 3 aromatic rings. The van der Waals surface area contributed by atoms with Gasteiger partial charge >= 0.3 is 0 Å². The Balaban J connectivity index is 1.59. The molecule has 5 nitrogen and oxygen atoms in total. The van der Waals surface area contributed by atoms with Gasteiger partial charge in [-0.2, -0.15) is 0 Å². The number of carbonyl (C=O) groups excluding carboxylic acids is 1.